The van der Waals surface area contributed by atoms with Gasteiger partial charge in [-0.3, -0.25) is 0 Å². The molecule has 0 aliphatic heterocycles. The van der Waals surface area contributed by atoms with Crippen LogP contribution < -0.4 is 11.1 Å². The Hall–Kier alpha value is -2.25. The third-order valence-electron chi connectivity index (χ3n) is 3.63. The predicted molar refractivity (Wildman–Crippen MR) is 94.6 cm³/mol. The maximum absolute atomic E-state index is 14.3. The molecule has 1 aromatic carbocycles. The highest BCUT2D eigenvalue weighted by atomic mass is 35.5. The molecule has 2 heterocycles. The number of aromatic nitrogens is 3. The van der Waals surface area contributed by atoms with E-state index in [0.29, 0.717) is 44.0 Å². The maximum Gasteiger partial charge on any atom is 0.223 e. The third kappa shape index (κ3) is 3.05. The molecule has 3 aromatic rings. The Balaban J connectivity index is 1.78. The molecule has 0 saturated heterocycles. The molecule has 8 heteroatoms. The average molecular weight is 362 g/mol. The van der Waals surface area contributed by atoms with Gasteiger partial charge in [0.2, 0.25) is 5.95 Å². The Kier molecular flexibility index (Phi) is 3.82. The van der Waals surface area contributed by atoms with Gasteiger partial charge in [0.25, 0.3) is 0 Å². The van der Waals surface area contributed by atoms with Crippen LogP contribution in [0.15, 0.2) is 30.5 Å². The van der Waals surface area contributed by atoms with Crippen molar-refractivity contribution in [2.45, 2.75) is 18.9 Å². The van der Waals surface area contributed by atoms with Crippen molar-refractivity contribution in [1.29, 1.82) is 0 Å². The molecule has 0 atom stereocenters. The lowest BCUT2D eigenvalue weighted by Crippen LogP contribution is -2.05. The second-order valence-electron chi connectivity index (χ2n) is 5.54. The number of nitrogens with two attached hydrogens (primary N) is 1. The minimum atomic E-state index is -0.445. The Labute approximate surface area is 146 Å². The summed E-state index contributed by atoms with van der Waals surface area (Å²) in [7, 11) is 0. The van der Waals surface area contributed by atoms with E-state index in [-0.39, 0.29) is 0 Å². The highest BCUT2D eigenvalue weighted by Crippen LogP contribution is 2.38. The molecule has 4 rings (SSSR count). The second kappa shape index (κ2) is 5.99. The number of nitrogen functional groups attached to an aromatic ring is 1. The summed E-state index contributed by atoms with van der Waals surface area (Å²) < 4.78 is 14.3. The van der Waals surface area contributed by atoms with Crippen molar-refractivity contribution in [1.82, 2.24) is 15.0 Å². The Morgan fingerprint density at radius 3 is 2.83 bits per heavy atom. The quantitative estimate of drug-likeness (QED) is 0.727. The van der Waals surface area contributed by atoms with Crippen LogP contribution in [0.2, 0.25) is 5.02 Å². The smallest absolute Gasteiger partial charge is 0.223 e. The topological polar surface area (TPSA) is 76.7 Å². The number of nitrogens with zero attached hydrogens (tertiary/aromatic N) is 3. The van der Waals surface area contributed by atoms with Gasteiger partial charge in [-0.25, -0.2) is 19.3 Å². The fourth-order valence-electron chi connectivity index (χ4n) is 2.34. The number of hydrogen-bond acceptors (Lipinski definition) is 6. The molecular weight excluding hydrogens is 349 g/mol. The zero-order valence-corrected chi connectivity index (χ0v) is 14.0. The van der Waals surface area contributed by atoms with E-state index in [4.69, 9.17) is 17.3 Å². The van der Waals surface area contributed by atoms with Gasteiger partial charge in [0.1, 0.15) is 5.82 Å². The summed E-state index contributed by atoms with van der Waals surface area (Å²) in [6.45, 7) is 0. The second-order valence-corrected chi connectivity index (χ2v) is 7.01. The van der Waals surface area contributed by atoms with Gasteiger partial charge >= 0.3 is 0 Å². The van der Waals surface area contributed by atoms with E-state index >= 15 is 0 Å². The maximum atomic E-state index is 14.3. The monoisotopic (exact) mass is 361 g/mol. The van der Waals surface area contributed by atoms with Gasteiger partial charge in [-0.1, -0.05) is 22.9 Å². The predicted octanol–water partition coefficient (Wildman–Crippen LogP) is 4.22. The van der Waals surface area contributed by atoms with E-state index in [9.17, 15) is 4.39 Å². The lowest BCUT2D eigenvalue weighted by molar-refractivity contribution is 0.631. The first-order valence-electron chi connectivity index (χ1n) is 7.42. The van der Waals surface area contributed by atoms with Crippen LogP contribution in [0.1, 0.15) is 12.8 Å². The molecule has 0 amide bonds. The third-order valence-corrected chi connectivity index (χ3v) is 4.77. The molecule has 5 nitrogen and oxygen atoms in total. The number of halogens is 2. The van der Waals surface area contributed by atoms with Crippen LogP contribution in [0.3, 0.4) is 0 Å². The van der Waals surface area contributed by atoms with E-state index in [1.54, 1.807) is 24.4 Å². The molecule has 0 spiro atoms. The van der Waals surface area contributed by atoms with E-state index in [2.05, 4.69) is 20.3 Å². The number of benzene rings is 1. The zero-order valence-electron chi connectivity index (χ0n) is 12.5. The molecule has 1 saturated carbocycles. The molecular formula is C16H13ClFN5S. The van der Waals surface area contributed by atoms with Gasteiger partial charge in [-0.05, 0) is 37.1 Å². The van der Waals surface area contributed by atoms with E-state index in [0.717, 1.165) is 12.8 Å². The Morgan fingerprint density at radius 1 is 1.25 bits per heavy atom. The lowest BCUT2D eigenvalue weighted by Gasteiger charge is -2.06. The van der Waals surface area contributed by atoms with Gasteiger partial charge in [0.15, 0.2) is 5.13 Å². The van der Waals surface area contributed by atoms with Crippen molar-refractivity contribution in [2.24, 2.45) is 0 Å². The molecule has 3 N–H and O–H groups in total. The van der Waals surface area contributed by atoms with Crippen molar-refractivity contribution >= 4 is 34.0 Å². The standard InChI is InChI=1S/C16H13ClFN5S/c17-8-1-4-10(11(18)7-8)13-14(24-15(19)23-13)12-5-6-20-16(22-12)21-9-2-3-9/h1,4-7,9H,2-3H2,(H2,19,23)(H,20,21,22). The van der Waals surface area contributed by atoms with E-state index < -0.39 is 5.82 Å². The molecule has 1 aliphatic carbocycles. The minimum Gasteiger partial charge on any atom is -0.375 e. The first-order chi connectivity index (χ1) is 11.6. The van der Waals surface area contributed by atoms with Crippen LogP contribution in [0.5, 0.6) is 0 Å². The number of anilines is 2. The fraction of sp³-hybridized carbons (Fsp3) is 0.188. The first-order valence-corrected chi connectivity index (χ1v) is 8.61. The lowest BCUT2D eigenvalue weighted by atomic mass is 10.1. The average Bonchev–Trinajstić information content (AvgIpc) is 3.27. The summed E-state index contributed by atoms with van der Waals surface area (Å²) in [6.07, 6.45) is 3.93. The van der Waals surface area contributed by atoms with Crippen LogP contribution in [0, 0.1) is 5.82 Å². The summed E-state index contributed by atoms with van der Waals surface area (Å²) >= 11 is 7.10. The van der Waals surface area contributed by atoms with Gasteiger partial charge in [0.05, 0.1) is 16.3 Å². The highest BCUT2D eigenvalue weighted by molar-refractivity contribution is 7.19. The normalized spacial score (nSPS) is 13.9. The van der Waals surface area contributed by atoms with E-state index in [1.165, 1.54) is 17.4 Å². The number of thiazole rings is 1. The van der Waals surface area contributed by atoms with Crippen molar-refractivity contribution in [3.8, 4) is 21.8 Å². The molecule has 0 bridgehead atoms. The van der Waals surface area contributed by atoms with Gasteiger partial charge in [0, 0.05) is 22.8 Å². The van der Waals surface area contributed by atoms with Crippen molar-refractivity contribution < 1.29 is 4.39 Å². The Bertz CT molecular complexity index is 909. The van der Waals surface area contributed by atoms with Crippen LogP contribution in [-0.2, 0) is 0 Å². The molecule has 24 heavy (non-hydrogen) atoms. The number of hydrogen-bond donors (Lipinski definition) is 2. The highest BCUT2D eigenvalue weighted by Gasteiger charge is 2.23. The molecule has 2 aromatic heterocycles. The number of nitrogens with one attached hydrogen (secondary N) is 1. The van der Waals surface area contributed by atoms with Crippen LogP contribution in [0.4, 0.5) is 15.5 Å². The van der Waals surface area contributed by atoms with Crippen molar-refractivity contribution in [3.05, 3.63) is 41.3 Å². The molecule has 0 unspecified atom stereocenters. The summed E-state index contributed by atoms with van der Waals surface area (Å²) in [5.41, 5.74) is 7.33. The zero-order chi connectivity index (χ0) is 16.7. The van der Waals surface area contributed by atoms with Crippen LogP contribution in [0.25, 0.3) is 21.8 Å². The largest absolute Gasteiger partial charge is 0.375 e. The summed E-state index contributed by atoms with van der Waals surface area (Å²) in [4.78, 5) is 13.7. The van der Waals surface area contributed by atoms with Crippen molar-refractivity contribution in [2.75, 3.05) is 11.1 Å². The summed E-state index contributed by atoms with van der Waals surface area (Å²) in [6, 6.07) is 6.69. The SMILES string of the molecule is Nc1nc(-c2ccc(Cl)cc2F)c(-c2ccnc(NC3CC3)n2)s1. The first kappa shape index (κ1) is 15.3. The summed E-state index contributed by atoms with van der Waals surface area (Å²) in [5.74, 6) is 0.115. The Morgan fingerprint density at radius 2 is 2.08 bits per heavy atom. The summed E-state index contributed by atoms with van der Waals surface area (Å²) in [5, 5.41) is 3.93. The van der Waals surface area contributed by atoms with E-state index in [1.807, 2.05) is 0 Å². The molecule has 0 radical (unpaired) electrons. The van der Waals surface area contributed by atoms with Crippen molar-refractivity contribution in [3.63, 3.8) is 0 Å². The molecule has 1 fully saturated rings. The minimum absolute atomic E-state index is 0.332. The van der Waals surface area contributed by atoms with Gasteiger partial charge in [-0.15, -0.1) is 0 Å². The van der Waals surface area contributed by atoms with Crippen LogP contribution >= 0.6 is 22.9 Å². The molecule has 122 valence electrons. The van der Waals surface area contributed by atoms with Gasteiger partial charge < -0.3 is 11.1 Å². The van der Waals surface area contributed by atoms with Crippen LogP contribution in [-0.4, -0.2) is 21.0 Å². The molecule has 1 aliphatic rings. The fourth-order valence-corrected chi connectivity index (χ4v) is 3.31. The van der Waals surface area contributed by atoms with Gasteiger partial charge in [-0.2, -0.15) is 0 Å². The number of rotatable bonds is 4.